The number of nitrogens with zero attached hydrogens (tertiary/aromatic N) is 1. The van der Waals surface area contributed by atoms with Crippen LogP contribution in [0.25, 0.3) is 0 Å². The molecule has 4 heteroatoms. The van der Waals surface area contributed by atoms with E-state index in [1.54, 1.807) is 0 Å². The molecule has 2 heterocycles. The number of hydrogen-bond donors (Lipinski definition) is 2. The lowest BCUT2D eigenvalue weighted by Crippen LogP contribution is -2.50. The number of β-amino-alcohol motifs (C(OH)–C–C–N with tert-alkyl or cyclic N) is 1. The van der Waals surface area contributed by atoms with E-state index in [1.165, 1.54) is 11.1 Å². The van der Waals surface area contributed by atoms with Gasteiger partial charge in [0.1, 0.15) is 5.60 Å². The molecular formula is C14H20N2O2. The standard InChI is InChI=1S/C14H20N2O2/c17-14(9-15-5-6-18-11-14)10-16-7-12-3-1-2-4-13(12)8-16/h1-4,15,17H,5-11H2. The van der Waals surface area contributed by atoms with Gasteiger partial charge >= 0.3 is 0 Å². The van der Waals surface area contributed by atoms with Gasteiger partial charge in [-0.15, -0.1) is 0 Å². The SMILES string of the molecule is OC1(CN2Cc3ccccc3C2)CNCCOC1. The molecule has 0 aromatic heterocycles. The first-order chi connectivity index (χ1) is 8.75. The Balaban J connectivity index is 1.64. The van der Waals surface area contributed by atoms with E-state index in [0.717, 1.165) is 19.6 Å². The highest BCUT2D eigenvalue weighted by Crippen LogP contribution is 2.24. The molecule has 18 heavy (non-hydrogen) atoms. The largest absolute Gasteiger partial charge is 0.385 e. The molecule has 1 aromatic carbocycles. The normalized spacial score (nSPS) is 28.9. The maximum Gasteiger partial charge on any atom is 0.113 e. The minimum absolute atomic E-state index is 0.423. The van der Waals surface area contributed by atoms with Gasteiger partial charge in [-0.2, -0.15) is 0 Å². The van der Waals surface area contributed by atoms with E-state index in [9.17, 15) is 5.11 Å². The van der Waals surface area contributed by atoms with Crippen LogP contribution in [0.2, 0.25) is 0 Å². The number of fused-ring (bicyclic) bond motifs is 1. The summed E-state index contributed by atoms with van der Waals surface area (Å²) in [5, 5.41) is 13.8. The summed E-state index contributed by atoms with van der Waals surface area (Å²) in [7, 11) is 0. The lowest BCUT2D eigenvalue weighted by atomic mass is 10.1. The molecular weight excluding hydrogens is 228 g/mol. The molecule has 98 valence electrons. The predicted octanol–water partition coefficient (Wildman–Crippen LogP) is 0.353. The smallest absolute Gasteiger partial charge is 0.113 e. The van der Waals surface area contributed by atoms with Crippen LogP contribution in [0.1, 0.15) is 11.1 Å². The summed E-state index contributed by atoms with van der Waals surface area (Å²) in [6.45, 7) is 5.06. The third kappa shape index (κ3) is 2.57. The first-order valence-electron chi connectivity index (χ1n) is 6.55. The van der Waals surface area contributed by atoms with Crippen molar-refractivity contribution < 1.29 is 9.84 Å². The fraction of sp³-hybridized carbons (Fsp3) is 0.571. The van der Waals surface area contributed by atoms with Crippen LogP contribution in [0, 0.1) is 0 Å². The van der Waals surface area contributed by atoms with Crippen LogP contribution in [-0.4, -0.2) is 48.5 Å². The second-order valence-corrected chi connectivity index (χ2v) is 5.37. The van der Waals surface area contributed by atoms with Crippen molar-refractivity contribution in [2.24, 2.45) is 0 Å². The van der Waals surface area contributed by atoms with Gasteiger partial charge in [-0.25, -0.2) is 0 Å². The summed E-state index contributed by atoms with van der Waals surface area (Å²) in [6, 6.07) is 8.49. The highest BCUT2D eigenvalue weighted by molar-refractivity contribution is 5.30. The lowest BCUT2D eigenvalue weighted by Gasteiger charge is -2.30. The average Bonchev–Trinajstić information content (AvgIpc) is 2.63. The molecule has 0 saturated carbocycles. The Kier molecular flexibility index (Phi) is 3.35. The number of aliphatic hydroxyl groups is 1. The van der Waals surface area contributed by atoms with Crippen molar-refractivity contribution in [2.45, 2.75) is 18.7 Å². The Hall–Kier alpha value is -0.940. The van der Waals surface area contributed by atoms with E-state index in [-0.39, 0.29) is 0 Å². The van der Waals surface area contributed by atoms with Gasteiger partial charge in [-0.3, -0.25) is 4.90 Å². The van der Waals surface area contributed by atoms with E-state index in [2.05, 4.69) is 34.5 Å². The van der Waals surface area contributed by atoms with Gasteiger partial charge in [-0.05, 0) is 11.1 Å². The topological polar surface area (TPSA) is 44.7 Å². The monoisotopic (exact) mass is 248 g/mol. The number of hydrogen-bond acceptors (Lipinski definition) is 4. The van der Waals surface area contributed by atoms with Crippen molar-refractivity contribution in [3.63, 3.8) is 0 Å². The molecule has 0 amide bonds. The zero-order chi connectivity index (χ0) is 12.4. The minimum Gasteiger partial charge on any atom is -0.385 e. The van der Waals surface area contributed by atoms with E-state index < -0.39 is 5.60 Å². The number of benzene rings is 1. The second-order valence-electron chi connectivity index (χ2n) is 5.37. The molecule has 1 fully saturated rings. The van der Waals surface area contributed by atoms with Crippen molar-refractivity contribution in [3.05, 3.63) is 35.4 Å². The molecule has 3 rings (SSSR count). The van der Waals surface area contributed by atoms with E-state index in [0.29, 0.717) is 26.3 Å². The molecule has 1 aromatic rings. The molecule has 0 radical (unpaired) electrons. The van der Waals surface area contributed by atoms with Crippen LogP contribution in [0.3, 0.4) is 0 Å². The summed E-state index contributed by atoms with van der Waals surface area (Å²) >= 11 is 0. The molecule has 2 N–H and O–H groups in total. The third-order valence-electron chi connectivity index (χ3n) is 3.67. The molecule has 0 spiro atoms. The van der Waals surface area contributed by atoms with Gasteiger partial charge in [0.05, 0.1) is 13.2 Å². The number of rotatable bonds is 2. The fourth-order valence-corrected chi connectivity index (χ4v) is 2.81. The van der Waals surface area contributed by atoms with Crippen molar-refractivity contribution in [3.8, 4) is 0 Å². The average molecular weight is 248 g/mol. The van der Waals surface area contributed by atoms with E-state index >= 15 is 0 Å². The highest BCUT2D eigenvalue weighted by Gasteiger charge is 2.33. The Morgan fingerprint density at radius 2 is 2.00 bits per heavy atom. The molecule has 4 nitrogen and oxygen atoms in total. The van der Waals surface area contributed by atoms with Crippen LogP contribution < -0.4 is 5.32 Å². The summed E-state index contributed by atoms with van der Waals surface area (Å²) in [5.41, 5.74) is 1.99. The Bertz CT molecular complexity index is 389. The predicted molar refractivity (Wildman–Crippen MR) is 69.2 cm³/mol. The van der Waals surface area contributed by atoms with Gasteiger partial charge < -0.3 is 15.2 Å². The highest BCUT2D eigenvalue weighted by atomic mass is 16.5. The first kappa shape index (κ1) is 12.1. The molecule has 1 saturated heterocycles. The van der Waals surface area contributed by atoms with Crippen molar-refractivity contribution in [1.29, 1.82) is 0 Å². The molecule has 2 aliphatic rings. The zero-order valence-electron chi connectivity index (χ0n) is 10.6. The Labute approximate surface area is 108 Å². The number of nitrogens with one attached hydrogen (secondary N) is 1. The summed E-state index contributed by atoms with van der Waals surface area (Å²) in [4.78, 5) is 2.29. The quantitative estimate of drug-likeness (QED) is 0.793. The molecule has 0 bridgehead atoms. The van der Waals surface area contributed by atoms with Crippen LogP contribution in [0.4, 0.5) is 0 Å². The summed E-state index contributed by atoms with van der Waals surface area (Å²) in [6.07, 6.45) is 0. The zero-order valence-corrected chi connectivity index (χ0v) is 10.6. The van der Waals surface area contributed by atoms with E-state index in [4.69, 9.17) is 4.74 Å². The molecule has 1 unspecified atom stereocenters. The molecule has 2 aliphatic heterocycles. The molecule has 1 atom stereocenters. The van der Waals surface area contributed by atoms with Gasteiger partial charge in [0.15, 0.2) is 0 Å². The van der Waals surface area contributed by atoms with Gasteiger partial charge in [0.2, 0.25) is 0 Å². The second kappa shape index (κ2) is 4.97. The Morgan fingerprint density at radius 1 is 1.28 bits per heavy atom. The fourth-order valence-electron chi connectivity index (χ4n) is 2.81. The summed E-state index contributed by atoms with van der Waals surface area (Å²) < 4.78 is 5.46. The van der Waals surface area contributed by atoms with Crippen LogP contribution in [0.5, 0.6) is 0 Å². The summed E-state index contributed by atoms with van der Waals surface area (Å²) in [5.74, 6) is 0. The van der Waals surface area contributed by atoms with Crippen LogP contribution in [0.15, 0.2) is 24.3 Å². The number of ether oxygens (including phenoxy) is 1. The maximum atomic E-state index is 10.6. The molecule has 0 aliphatic carbocycles. The Morgan fingerprint density at radius 3 is 2.72 bits per heavy atom. The van der Waals surface area contributed by atoms with Crippen LogP contribution >= 0.6 is 0 Å². The third-order valence-corrected chi connectivity index (χ3v) is 3.67. The van der Waals surface area contributed by atoms with Gasteiger partial charge in [0.25, 0.3) is 0 Å². The minimum atomic E-state index is -0.765. The van der Waals surface area contributed by atoms with Crippen molar-refractivity contribution in [2.75, 3.05) is 32.8 Å². The van der Waals surface area contributed by atoms with Crippen molar-refractivity contribution in [1.82, 2.24) is 10.2 Å². The van der Waals surface area contributed by atoms with Gasteiger partial charge in [0, 0.05) is 32.7 Å². The van der Waals surface area contributed by atoms with Crippen LogP contribution in [-0.2, 0) is 17.8 Å². The van der Waals surface area contributed by atoms with E-state index in [1.807, 2.05) is 0 Å². The maximum absolute atomic E-state index is 10.6. The first-order valence-corrected chi connectivity index (χ1v) is 6.55. The lowest BCUT2D eigenvalue weighted by molar-refractivity contribution is -0.0498. The van der Waals surface area contributed by atoms with Gasteiger partial charge in [-0.1, -0.05) is 24.3 Å². The van der Waals surface area contributed by atoms with Crippen molar-refractivity contribution >= 4 is 0 Å².